The highest BCUT2D eigenvalue weighted by atomic mass is 32.2. The fraction of sp³-hybridized carbons (Fsp3) is 0.438. The molecule has 6 nitrogen and oxygen atoms in total. The van der Waals surface area contributed by atoms with Crippen molar-refractivity contribution in [2.75, 3.05) is 20.2 Å². The molecule has 39 heavy (non-hydrogen) atoms. The van der Waals surface area contributed by atoms with Crippen molar-refractivity contribution in [1.29, 1.82) is 0 Å². The van der Waals surface area contributed by atoms with Crippen LogP contribution in [0.5, 0.6) is 11.5 Å². The van der Waals surface area contributed by atoms with E-state index >= 15 is 0 Å². The van der Waals surface area contributed by atoms with Crippen LogP contribution >= 0.6 is 0 Å². The lowest BCUT2D eigenvalue weighted by atomic mass is 9.71. The van der Waals surface area contributed by atoms with Gasteiger partial charge in [-0.05, 0) is 68.0 Å². The van der Waals surface area contributed by atoms with Gasteiger partial charge in [0.1, 0.15) is 0 Å². The highest BCUT2D eigenvalue weighted by Crippen LogP contribution is 2.47. The Morgan fingerprint density at radius 1 is 0.974 bits per heavy atom. The fourth-order valence-electron chi connectivity index (χ4n) is 6.23. The van der Waals surface area contributed by atoms with E-state index < -0.39 is 10.0 Å². The van der Waals surface area contributed by atoms with Crippen molar-refractivity contribution < 1.29 is 17.9 Å². The van der Waals surface area contributed by atoms with Gasteiger partial charge in [-0.2, -0.15) is 0 Å². The molecule has 3 atom stereocenters. The van der Waals surface area contributed by atoms with Gasteiger partial charge in [-0.25, -0.2) is 13.1 Å². The van der Waals surface area contributed by atoms with Gasteiger partial charge < -0.3 is 9.47 Å². The van der Waals surface area contributed by atoms with E-state index in [0.717, 1.165) is 49.5 Å². The van der Waals surface area contributed by atoms with Crippen molar-refractivity contribution in [2.24, 2.45) is 5.41 Å². The van der Waals surface area contributed by atoms with E-state index in [0.29, 0.717) is 0 Å². The van der Waals surface area contributed by atoms with Crippen molar-refractivity contribution in [3.63, 3.8) is 0 Å². The average Bonchev–Trinajstić information content (AvgIpc) is 3.57. The molecule has 2 fully saturated rings. The second-order valence-electron chi connectivity index (χ2n) is 11.3. The summed E-state index contributed by atoms with van der Waals surface area (Å²) in [6.07, 6.45) is 4.74. The molecule has 3 aromatic carbocycles. The smallest absolute Gasteiger partial charge is 0.240 e. The molecule has 0 spiro atoms. The van der Waals surface area contributed by atoms with Gasteiger partial charge in [0.05, 0.1) is 18.1 Å². The first-order chi connectivity index (χ1) is 18.8. The Kier molecular flexibility index (Phi) is 8.31. The third-order valence-corrected chi connectivity index (χ3v) is 10.2. The maximum Gasteiger partial charge on any atom is 0.240 e. The zero-order valence-electron chi connectivity index (χ0n) is 23.2. The van der Waals surface area contributed by atoms with Gasteiger partial charge in [-0.3, -0.25) is 4.90 Å². The van der Waals surface area contributed by atoms with Gasteiger partial charge in [0.2, 0.25) is 10.0 Å². The van der Waals surface area contributed by atoms with Crippen LogP contribution in [0.1, 0.15) is 56.6 Å². The van der Waals surface area contributed by atoms with E-state index in [9.17, 15) is 8.42 Å². The molecule has 1 aliphatic heterocycles. The molecule has 1 heterocycles. The summed E-state index contributed by atoms with van der Waals surface area (Å²) < 4.78 is 41.8. The monoisotopic (exact) mass is 548 g/mol. The molecule has 0 aromatic heterocycles. The maximum absolute atomic E-state index is 13.3. The number of methoxy groups -OCH3 is 1. The Balaban J connectivity index is 1.46. The first-order valence-electron chi connectivity index (χ1n) is 14.0. The molecular formula is C32H40N2O4S. The molecule has 0 amide bonds. The van der Waals surface area contributed by atoms with Crippen LogP contribution in [0.4, 0.5) is 0 Å². The molecule has 1 N–H and O–H groups in total. The molecule has 2 aliphatic rings. The third kappa shape index (κ3) is 6.16. The summed E-state index contributed by atoms with van der Waals surface area (Å²) in [6, 6.07) is 25.0. The topological polar surface area (TPSA) is 67.9 Å². The second kappa shape index (κ2) is 11.7. The zero-order chi connectivity index (χ0) is 27.5. The molecule has 0 bridgehead atoms. The Morgan fingerprint density at radius 2 is 1.64 bits per heavy atom. The van der Waals surface area contributed by atoms with Crippen LogP contribution in [-0.2, 0) is 16.6 Å². The summed E-state index contributed by atoms with van der Waals surface area (Å²) in [4.78, 5) is 2.72. The lowest BCUT2D eigenvalue weighted by Crippen LogP contribution is -2.48. The first-order valence-corrected chi connectivity index (χ1v) is 15.4. The van der Waals surface area contributed by atoms with Gasteiger partial charge >= 0.3 is 0 Å². The van der Waals surface area contributed by atoms with E-state index in [1.807, 2.05) is 25.1 Å². The average molecular weight is 549 g/mol. The molecule has 0 radical (unpaired) electrons. The SMILES string of the molecule is COc1ccc([C@@H]2CN(Cc3ccccc3)C[C@@]2(C)C(C)NS(=O)(=O)c2ccccc2)cc1OC1CCCC1. The predicted molar refractivity (Wildman–Crippen MR) is 155 cm³/mol. The van der Waals surface area contributed by atoms with Crippen LogP contribution in [0.2, 0.25) is 0 Å². The molecular weight excluding hydrogens is 508 g/mol. The summed E-state index contributed by atoms with van der Waals surface area (Å²) >= 11 is 0. The summed E-state index contributed by atoms with van der Waals surface area (Å²) in [5.74, 6) is 1.61. The first kappa shape index (κ1) is 27.7. The summed E-state index contributed by atoms with van der Waals surface area (Å²) in [5.41, 5.74) is 2.03. The lowest BCUT2D eigenvalue weighted by Gasteiger charge is -2.37. The van der Waals surface area contributed by atoms with Crippen LogP contribution in [0.25, 0.3) is 0 Å². The molecule has 1 saturated heterocycles. The number of hydrogen-bond donors (Lipinski definition) is 1. The minimum Gasteiger partial charge on any atom is -0.493 e. The van der Waals surface area contributed by atoms with Gasteiger partial charge in [0, 0.05) is 37.0 Å². The summed E-state index contributed by atoms with van der Waals surface area (Å²) in [7, 11) is -1.99. The van der Waals surface area contributed by atoms with Crippen LogP contribution in [0.15, 0.2) is 83.8 Å². The third-order valence-electron chi connectivity index (χ3n) is 8.61. The second-order valence-corrected chi connectivity index (χ2v) is 13.0. The van der Waals surface area contributed by atoms with Gasteiger partial charge in [-0.1, -0.05) is 61.5 Å². The Hall–Kier alpha value is -2.87. The molecule has 1 saturated carbocycles. The Labute approximate surface area is 233 Å². The number of likely N-dealkylation sites (tertiary alicyclic amines) is 1. The minimum atomic E-state index is -3.66. The highest BCUT2D eigenvalue weighted by molar-refractivity contribution is 7.89. The van der Waals surface area contributed by atoms with E-state index in [2.05, 4.69) is 52.9 Å². The highest BCUT2D eigenvalue weighted by Gasteiger charge is 2.48. The number of benzene rings is 3. The van der Waals surface area contributed by atoms with Crippen molar-refractivity contribution in [3.05, 3.63) is 90.0 Å². The number of nitrogens with zero attached hydrogens (tertiary/aromatic N) is 1. The van der Waals surface area contributed by atoms with E-state index in [1.165, 1.54) is 18.4 Å². The van der Waals surface area contributed by atoms with Crippen molar-refractivity contribution in [2.45, 2.75) is 69.0 Å². The van der Waals surface area contributed by atoms with Crippen molar-refractivity contribution >= 4 is 10.0 Å². The molecule has 1 aliphatic carbocycles. The number of rotatable bonds is 10. The number of hydrogen-bond acceptors (Lipinski definition) is 5. The van der Waals surface area contributed by atoms with Gasteiger partial charge in [-0.15, -0.1) is 0 Å². The minimum absolute atomic E-state index is 0.0894. The summed E-state index contributed by atoms with van der Waals surface area (Å²) in [5, 5.41) is 0. The van der Waals surface area contributed by atoms with Crippen LogP contribution in [-0.4, -0.2) is 45.7 Å². The predicted octanol–water partition coefficient (Wildman–Crippen LogP) is 5.99. The number of sulfonamides is 1. The normalized spacial score (nSPS) is 23.1. The van der Waals surface area contributed by atoms with Crippen molar-refractivity contribution in [1.82, 2.24) is 9.62 Å². The zero-order valence-corrected chi connectivity index (χ0v) is 24.0. The van der Waals surface area contributed by atoms with E-state index in [4.69, 9.17) is 9.47 Å². The molecule has 3 aromatic rings. The Bertz CT molecular complexity index is 1340. The van der Waals surface area contributed by atoms with Crippen LogP contribution < -0.4 is 14.2 Å². The maximum atomic E-state index is 13.3. The standard InChI is InChI=1S/C32H40N2O4S/c1-24(33-39(35,36)28-16-8-5-9-17-28)32(2)23-34(21-25-12-6-4-7-13-25)22-29(32)26-18-19-30(37-3)31(20-26)38-27-14-10-11-15-27/h4-9,12-13,16-20,24,27,29,33H,10-11,14-15,21-23H2,1-3H3/t24?,29-,32-/m0/s1. The number of ether oxygens (including phenoxy) is 2. The number of nitrogens with one attached hydrogen (secondary N) is 1. The Morgan fingerprint density at radius 3 is 2.31 bits per heavy atom. The lowest BCUT2D eigenvalue weighted by molar-refractivity contribution is 0.199. The van der Waals surface area contributed by atoms with Crippen LogP contribution in [0.3, 0.4) is 0 Å². The summed E-state index contributed by atoms with van der Waals surface area (Å²) in [6.45, 7) is 6.60. The molecule has 5 rings (SSSR count). The van der Waals surface area contributed by atoms with Gasteiger partial charge in [0.15, 0.2) is 11.5 Å². The molecule has 208 valence electrons. The van der Waals surface area contributed by atoms with E-state index in [-0.39, 0.29) is 28.4 Å². The van der Waals surface area contributed by atoms with Crippen LogP contribution in [0, 0.1) is 5.41 Å². The fourth-order valence-corrected chi connectivity index (χ4v) is 7.62. The van der Waals surface area contributed by atoms with Gasteiger partial charge in [0.25, 0.3) is 0 Å². The quantitative estimate of drug-likeness (QED) is 0.337. The van der Waals surface area contributed by atoms with Crippen molar-refractivity contribution in [3.8, 4) is 11.5 Å². The van der Waals surface area contributed by atoms with E-state index in [1.54, 1.807) is 31.4 Å². The molecule has 7 heteroatoms. The largest absolute Gasteiger partial charge is 0.493 e. The molecule has 1 unspecified atom stereocenters.